The van der Waals surface area contributed by atoms with Crippen molar-refractivity contribution in [2.24, 2.45) is 0 Å². The topological polar surface area (TPSA) is 81.5 Å². The molecule has 1 N–H and O–H groups in total. The van der Waals surface area contributed by atoms with Gasteiger partial charge in [0.2, 0.25) is 0 Å². The lowest BCUT2D eigenvalue weighted by molar-refractivity contribution is 0.0693. The van der Waals surface area contributed by atoms with Gasteiger partial charge in [0, 0.05) is 18.0 Å². The number of rotatable bonds is 5. The van der Waals surface area contributed by atoms with E-state index < -0.39 is 5.97 Å². The first kappa shape index (κ1) is 15.1. The van der Waals surface area contributed by atoms with E-state index in [4.69, 9.17) is 21.1 Å². The van der Waals surface area contributed by atoms with Crippen LogP contribution in [0.15, 0.2) is 24.5 Å². The van der Waals surface area contributed by atoms with E-state index in [2.05, 4.69) is 9.97 Å². The number of hydrogen-bond donors (Lipinski definition) is 1. The van der Waals surface area contributed by atoms with Crippen molar-refractivity contribution in [2.75, 3.05) is 13.7 Å². The molecule has 0 saturated carbocycles. The zero-order chi connectivity index (χ0) is 15.4. The molecule has 6 nitrogen and oxygen atoms in total. The van der Waals surface area contributed by atoms with Crippen LogP contribution in [0.25, 0.3) is 11.1 Å². The van der Waals surface area contributed by atoms with Crippen LogP contribution < -0.4 is 9.47 Å². The van der Waals surface area contributed by atoms with Gasteiger partial charge in [0.15, 0.2) is 5.75 Å². The van der Waals surface area contributed by atoms with Crippen molar-refractivity contribution in [2.45, 2.75) is 6.92 Å². The van der Waals surface area contributed by atoms with E-state index in [0.29, 0.717) is 17.7 Å². The number of methoxy groups -OCH3 is 1. The third kappa shape index (κ3) is 3.05. The molecule has 0 radical (unpaired) electrons. The Hall–Kier alpha value is -2.34. The largest absolute Gasteiger partial charge is 0.491 e. The van der Waals surface area contributed by atoms with E-state index in [1.54, 1.807) is 19.1 Å². The summed E-state index contributed by atoms with van der Waals surface area (Å²) in [5.41, 5.74) is 0.937. The fraction of sp³-hybridized carbons (Fsp3) is 0.214. The molecule has 2 aromatic rings. The molecular formula is C14H13ClN2O4. The molecule has 21 heavy (non-hydrogen) atoms. The van der Waals surface area contributed by atoms with E-state index in [0.717, 1.165) is 0 Å². The molecule has 0 amide bonds. The summed E-state index contributed by atoms with van der Waals surface area (Å²) in [4.78, 5) is 19.6. The lowest BCUT2D eigenvalue weighted by Gasteiger charge is -2.14. The van der Waals surface area contributed by atoms with E-state index in [9.17, 15) is 9.90 Å². The van der Waals surface area contributed by atoms with E-state index in [1.807, 2.05) is 0 Å². The number of aromatic nitrogens is 2. The van der Waals surface area contributed by atoms with Crippen LogP contribution in [-0.2, 0) is 0 Å². The molecule has 0 aromatic carbocycles. The molecule has 7 heteroatoms. The SMILES string of the molecule is CCOc1ncc(-c2ccnc(Cl)c2)c(C(=O)O)c1OC. The van der Waals surface area contributed by atoms with Crippen LogP contribution in [0.2, 0.25) is 5.15 Å². The van der Waals surface area contributed by atoms with Crippen molar-refractivity contribution in [1.29, 1.82) is 0 Å². The second-order valence-corrected chi connectivity index (χ2v) is 4.38. The van der Waals surface area contributed by atoms with E-state index in [1.165, 1.54) is 19.5 Å². The van der Waals surface area contributed by atoms with Crippen LogP contribution in [0.1, 0.15) is 17.3 Å². The Labute approximate surface area is 126 Å². The molecule has 0 aliphatic heterocycles. The van der Waals surface area contributed by atoms with Gasteiger partial charge in [-0.1, -0.05) is 11.6 Å². The highest BCUT2D eigenvalue weighted by Gasteiger charge is 2.23. The third-order valence-electron chi connectivity index (χ3n) is 2.74. The Morgan fingerprint density at radius 2 is 2.19 bits per heavy atom. The Morgan fingerprint density at radius 3 is 2.76 bits per heavy atom. The van der Waals surface area contributed by atoms with Gasteiger partial charge in [0.1, 0.15) is 10.7 Å². The second kappa shape index (κ2) is 6.41. The Kier molecular flexibility index (Phi) is 4.59. The van der Waals surface area contributed by atoms with Crippen LogP contribution in [-0.4, -0.2) is 34.8 Å². The van der Waals surface area contributed by atoms with Crippen molar-refractivity contribution < 1.29 is 19.4 Å². The molecule has 0 fully saturated rings. The quantitative estimate of drug-likeness (QED) is 0.855. The van der Waals surface area contributed by atoms with Crippen LogP contribution in [0.5, 0.6) is 11.6 Å². The maximum Gasteiger partial charge on any atom is 0.340 e. The minimum Gasteiger partial charge on any atom is -0.491 e. The average molecular weight is 309 g/mol. The van der Waals surface area contributed by atoms with Crippen molar-refractivity contribution in [3.05, 3.63) is 35.2 Å². The normalized spacial score (nSPS) is 10.2. The number of ether oxygens (including phenoxy) is 2. The highest BCUT2D eigenvalue weighted by molar-refractivity contribution is 6.29. The molecule has 0 bridgehead atoms. The summed E-state index contributed by atoms with van der Waals surface area (Å²) in [6.07, 6.45) is 2.91. The van der Waals surface area contributed by atoms with Gasteiger partial charge in [-0.2, -0.15) is 0 Å². The Bertz CT molecular complexity index is 676. The minimum absolute atomic E-state index is 0.0294. The predicted octanol–water partition coefficient (Wildman–Crippen LogP) is 2.90. The maximum atomic E-state index is 11.6. The zero-order valence-electron chi connectivity index (χ0n) is 11.5. The number of hydrogen-bond acceptors (Lipinski definition) is 5. The van der Waals surface area contributed by atoms with Crippen molar-refractivity contribution in [1.82, 2.24) is 9.97 Å². The summed E-state index contributed by atoms with van der Waals surface area (Å²) < 4.78 is 10.5. The summed E-state index contributed by atoms with van der Waals surface area (Å²) in [5, 5.41) is 9.75. The molecule has 110 valence electrons. The van der Waals surface area contributed by atoms with Gasteiger partial charge >= 0.3 is 5.97 Å². The lowest BCUT2D eigenvalue weighted by atomic mass is 10.0. The minimum atomic E-state index is -1.14. The number of carbonyl (C=O) groups is 1. The molecule has 2 rings (SSSR count). The Balaban J connectivity index is 2.69. The Morgan fingerprint density at radius 1 is 1.43 bits per heavy atom. The fourth-order valence-electron chi connectivity index (χ4n) is 1.91. The molecule has 2 heterocycles. The first-order valence-electron chi connectivity index (χ1n) is 6.13. The molecule has 0 unspecified atom stereocenters. The van der Waals surface area contributed by atoms with Crippen LogP contribution in [0.4, 0.5) is 0 Å². The van der Waals surface area contributed by atoms with Gasteiger partial charge < -0.3 is 14.6 Å². The average Bonchev–Trinajstić information content (AvgIpc) is 2.46. The van der Waals surface area contributed by atoms with Crippen LogP contribution in [0.3, 0.4) is 0 Å². The van der Waals surface area contributed by atoms with Crippen LogP contribution >= 0.6 is 11.6 Å². The van der Waals surface area contributed by atoms with Gasteiger partial charge in [-0.15, -0.1) is 0 Å². The number of carboxylic acid groups (broad SMARTS) is 1. The molecule has 0 aliphatic carbocycles. The third-order valence-corrected chi connectivity index (χ3v) is 2.94. The number of carboxylic acids is 1. The molecule has 2 aromatic heterocycles. The van der Waals surface area contributed by atoms with Crippen molar-refractivity contribution in [3.8, 4) is 22.8 Å². The molecular weight excluding hydrogens is 296 g/mol. The van der Waals surface area contributed by atoms with Gasteiger partial charge in [-0.25, -0.2) is 14.8 Å². The standard InChI is InChI=1S/C14H13ClN2O4/c1-3-21-13-12(20-2)11(14(18)19)9(7-17-13)8-4-5-16-10(15)6-8/h4-7H,3H2,1-2H3,(H,18,19). The lowest BCUT2D eigenvalue weighted by Crippen LogP contribution is -2.07. The highest BCUT2D eigenvalue weighted by Crippen LogP contribution is 2.36. The first-order chi connectivity index (χ1) is 10.1. The van der Waals surface area contributed by atoms with Crippen LogP contribution in [0, 0.1) is 0 Å². The zero-order valence-corrected chi connectivity index (χ0v) is 12.2. The second-order valence-electron chi connectivity index (χ2n) is 3.99. The summed E-state index contributed by atoms with van der Waals surface area (Å²) in [5.74, 6) is -0.922. The summed E-state index contributed by atoms with van der Waals surface area (Å²) in [6.45, 7) is 2.13. The number of aromatic carboxylic acids is 1. The fourth-order valence-corrected chi connectivity index (χ4v) is 2.08. The molecule has 0 atom stereocenters. The molecule has 0 aliphatic rings. The van der Waals surface area contributed by atoms with Gasteiger partial charge in [0.25, 0.3) is 5.88 Å². The van der Waals surface area contributed by atoms with Gasteiger partial charge in [-0.05, 0) is 24.6 Å². The first-order valence-corrected chi connectivity index (χ1v) is 6.51. The highest BCUT2D eigenvalue weighted by atomic mass is 35.5. The smallest absolute Gasteiger partial charge is 0.340 e. The summed E-state index contributed by atoms with van der Waals surface area (Å²) >= 11 is 5.85. The summed E-state index contributed by atoms with van der Waals surface area (Å²) in [6, 6.07) is 3.21. The molecule has 0 saturated heterocycles. The number of halogens is 1. The van der Waals surface area contributed by atoms with E-state index >= 15 is 0 Å². The van der Waals surface area contributed by atoms with Gasteiger partial charge in [0.05, 0.1) is 13.7 Å². The predicted molar refractivity (Wildman–Crippen MR) is 77.2 cm³/mol. The monoisotopic (exact) mass is 308 g/mol. The van der Waals surface area contributed by atoms with E-state index in [-0.39, 0.29) is 22.3 Å². The van der Waals surface area contributed by atoms with Crippen molar-refractivity contribution >= 4 is 17.6 Å². The van der Waals surface area contributed by atoms with Crippen molar-refractivity contribution in [3.63, 3.8) is 0 Å². The number of pyridine rings is 2. The number of nitrogens with zero attached hydrogens (tertiary/aromatic N) is 2. The summed E-state index contributed by atoms with van der Waals surface area (Å²) in [7, 11) is 1.37. The molecule has 0 spiro atoms. The maximum absolute atomic E-state index is 11.6. The van der Waals surface area contributed by atoms with Gasteiger partial charge in [-0.3, -0.25) is 0 Å².